The number of sulfonamides is 1. The fourth-order valence-corrected chi connectivity index (χ4v) is 7.09. The van der Waals surface area contributed by atoms with E-state index in [2.05, 4.69) is 5.32 Å². The van der Waals surface area contributed by atoms with E-state index in [4.69, 9.17) is 34.8 Å². The number of nitrogens with zero attached hydrogens (tertiary/aromatic N) is 2. The molecule has 2 amide bonds. The van der Waals surface area contributed by atoms with Gasteiger partial charge in [-0.1, -0.05) is 84.4 Å². The lowest BCUT2D eigenvalue weighted by atomic mass is 10.1. The molecule has 1 aliphatic carbocycles. The van der Waals surface area contributed by atoms with Crippen LogP contribution in [0.25, 0.3) is 0 Å². The van der Waals surface area contributed by atoms with Gasteiger partial charge >= 0.3 is 0 Å². The van der Waals surface area contributed by atoms with Gasteiger partial charge in [0.1, 0.15) is 12.6 Å². The van der Waals surface area contributed by atoms with Gasteiger partial charge in [0.05, 0.1) is 15.6 Å². The molecule has 0 aliphatic heterocycles. The summed E-state index contributed by atoms with van der Waals surface area (Å²) in [7, 11) is -4.26. The SMILES string of the molecule is CCC(C(=O)NC1CCCC1)N(Cc1ccc(Cl)cc1)C(=O)CN(c1cc(Cl)ccc1Cl)S(=O)(=O)c1ccc(C)cc1. The fourth-order valence-electron chi connectivity index (χ4n) is 5.10. The highest BCUT2D eigenvalue weighted by Gasteiger charge is 2.35. The molecule has 1 N–H and O–H groups in total. The Morgan fingerprint density at radius 1 is 0.929 bits per heavy atom. The summed E-state index contributed by atoms with van der Waals surface area (Å²) >= 11 is 18.8. The molecule has 0 spiro atoms. The third-order valence-electron chi connectivity index (χ3n) is 7.42. The van der Waals surface area contributed by atoms with E-state index < -0.39 is 28.5 Å². The van der Waals surface area contributed by atoms with Gasteiger partial charge in [0.2, 0.25) is 11.8 Å². The molecule has 0 saturated heterocycles. The molecule has 224 valence electrons. The minimum absolute atomic E-state index is 0.00721. The number of hydrogen-bond acceptors (Lipinski definition) is 4. The molecule has 1 saturated carbocycles. The number of aryl methyl sites for hydroxylation is 1. The summed E-state index contributed by atoms with van der Waals surface area (Å²) in [6.45, 7) is 3.16. The number of amides is 2. The predicted molar refractivity (Wildman–Crippen MR) is 169 cm³/mol. The van der Waals surface area contributed by atoms with Crippen molar-refractivity contribution in [2.24, 2.45) is 0 Å². The van der Waals surface area contributed by atoms with Crippen LogP contribution in [0.2, 0.25) is 15.1 Å². The maximum Gasteiger partial charge on any atom is 0.264 e. The topological polar surface area (TPSA) is 86.8 Å². The second-order valence-electron chi connectivity index (χ2n) is 10.5. The van der Waals surface area contributed by atoms with Crippen LogP contribution in [0.4, 0.5) is 5.69 Å². The number of carbonyl (C=O) groups excluding carboxylic acids is 2. The molecule has 3 aromatic carbocycles. The van der Waals surface area contributed by atoms with Crippen LogP contribution in [-0.2, 0) is 26.2 Å². The van der Waals surface area contributed by atoms with Gasteiger partial charge in [-0.05, 0) is 74.2 Å². The average Bonchev–Trinajstić information content (AvgIpc) is 3.47. The van der Waals surface area contributed by atoms with Crippen molar-refractivity contribution < 1.29 is 18.0 Å². The van der Waals surface area contributed by atoms with Crippen LogP contribution in [-0.4, -0.2) is 43.8 Å². The molecule has 1 fully saturated rings. The number of carbonyl (C=O) groups is 2. The average molecular weight is 651 g/mol. The van der Waals surface area contributed by atoms with Gasteiger partial charge in [0, 0.05) is 22.6 Å². The number of hydrogen-bond donors (Lipinski definition) is 1. The van der Waals surface area contributed by atoms with Crippen LogP contribution in [0, 0.1) is 6.92 Å². The lowest BCUT2D eigenvalue weighted by molar-refractivity contribution is -0.140. The van der Waals surface area contributed by atoms with Crippen molar-refractivity contribution in [2.45, 2.75) is 69.5 Å². The van der Waals surface area contributed by atoms with Crippen molar-refractivity contribution in [1.29, 1.82) is 0 Å². The molecule has 42 heavy (non-hydrogen) atoms. The smallest absolute Gasteiger partial charge is 0.264 e. The van der Waals surface area contributed by atoms with Crippen LogP contribution in [0.15, 0.2) is 71.6 Å². The Bertz CT molecular complexity index is 1510. The van der Waals surface area contributed by atoms with Crippen molar-refractivity contribution in [3.63, 3.8) is 0 Å². The minimum Gasteiger partial charge on any atom is -0.352 e. The highest BCUT2D eigenvalue weighted by atomic mass is 35.5. The lowest BCUT2D eigenvalue weighted by Gasteiger charge is -2.34. The van der Waals surface area contributed by atoms with Crippen molar-refractivity contribution in [2.75, 3.05) is 10.8 Å². The van der Waals surface area contributed by atoms with Crippen molar-refractivity contribution in [3.05, 3.63) is 92.9 Å². The van der Waals surface area contributed by atoms with E-state index in [9.17, 15) is 18.0 Å². The number of benzene rings is 3. The van der Waals surface area contributed by atoms with Crippen molar-refractivity contribution in [1.82, 2.24) is 10.2 Å². The molecule has 1 aliphatic rings. The third-order valence-corrected chi connectivity index (χ3v) is 10.00. The molecule has 0 radical (unpaired) electrons. The summed E-state index contributed by atoms with van der Waals surface area (Å²) in [6, 6.07) is 17.0. The number of anilines is 1. The molecule has 7 nitrogen and oxygen atoms in total. The van der Waals surface area contributed by atoms with Gasteiger partial charge in [0.15, 0.2) is 0 Å². The zero-order valence-electron chi connectivity index (χ0n) is 23.5. The Hall–Kier alpha value is -2.78. The van der Waals surface area contributed by atoms with Crippen molar-refractivity contribution in [3.8, 4) is 0 Å². The summed E-state index contributed by atoms with van der Waals surface area (Å²) in [5.41, 5.74) is 1.69. The van der Waals surface area contributed by atoms with Gasteiger partial charge in [-0.2, -0.15) is 0 Å². The van der Waals surface area contributed by atoms with Gasteiger partial charge in [-0.3, -0.25) is 13.9 Å². The van der Waals surface area contributed by atoms with Gasteiger partial charge in [0.25, 0.3) is 10.0 Å². The first kappa shape index (κ1) is 32.1. The fraction of sp³-hybridized carbons (Fsp3) is 0.355. The van der Waals surface area contributed by atoms with Gasteiger partial charge in [-0.15, -0.1) is 0 Å². The molecule has 1 atom stereocenters. The normalized spacial score (nSPS) is 14.4. The second kappa shape index (κ2) is 14.1. The van der Waals surface area contributed by atoms with E-state index in [1.807, 2.05) is 13.8 Å². The highest BCUT2D eigenvalue weighted by molar-refractivity contribution is 7.92. The largest absolute Gasteiger partial charge is 0.352 e. The lowest BCUT2D eigenvalue weighted by Crippen LogP contribution is -2.53. The maximum atomic E-state index is 14.2. The second-order valence-corrected chi connectivity index (χ2v) is 13.6. The number of nitrogens with one attached hydrogen (secondary N) is 1. The van der Waals surface area contributed by atoms with Gasteiger partial charge < -0.3 is 10.2 Å². The quantitative estimate of drug-likeness (QED) is 0.242. The van der Waals surface area contributed by atoms with Crippen LogP contribution < -0.4 is 9.62 Å². The molecular weight excluding hydrogens is 617 g/mol. The third kappa shape index (κ3) is 7.78. The van der Waals surface area contributed by atoms with E-state index in [1.165, 1.54) is 29.2 Å². The summed E-state index contributed by atoms with van der Waals surface area (Å²) in [5.74, 6) is -0.828. The van der Waals surface area contributed by atoms with Crippen molar-refractivity contribution >= 4 is 62.3 Å². The summed E-state index contributed by atoms with van der Waals surface area (Å²) in [4.78, 5) is 29.2. The summed E-state index contributed by atoms with van der Waals surface area (Å²) in [6.07, 6.45) is 4.20. The Morgan fingerprint density at radius 3 is 2.17 bits per heavy atom. The van der Waals surface area contributed by atoms with Crippen LogP contribution in [0.1, 0.15) is 50.2 Å². The first-order chi connectivity index (χ1) is 20.0. The van der Waals surface area contributed by atoms with E-state index in [-0.39, 0.29) is 39.1 Å². The molecule has 0 bridgehead atoms. The van der Waals surface area contributed by atoms with Crippen LogP contribution in [0.3, 0.4) is 0 Å². The molecular formula is C31H34Cl3N3O4S. The summed E-state index contributed by atoms with van der Waals surface area (Å²) < 4.78 is 29.0. The Balaban J connectivity index is 1.74. The number of rotatable bonds is 11. The number of halogens is 3. The summed E-state index contributed by atoms with van der Waals surface area (Å²) in [5, 5.41) is 4.00. The van der Waals surface area contributed by atoms with Gasteiger partial charge in [-0.25, -0.2) is 8.42 Å². The van der Waals surface area contributed by atoms with Crippen LogP contribution >= 0.6 is 34.8 Å². The molecule has 3 aromatic rings. The minimum atomic E-state index is -4.26. The predicted octanol–water partition coefficient (Wildman–Crippen LogP) is 7.02. The van der Waals surface area contributed by atoms with E-state index >= 15 is 0 Å². The van der Waals surface area contributed by atoms with E-state index in [0.717, 1.165) is 41.1 Å². The molecule has 0 heterocycles. The van der Waals surface area contributed by atoms with E-state index in [1.54, 1.807) is 42.5 Å². The zero-order chi connectivity index (χ0) is 30.4. The first-order valence-electron chi connectivity index (χ1n) is 13.9. The molecule has 4 rings (SSSR count). The highest BCUT2D eigenvalue weighted by Crippen LogP contribution is 2.33. The first-order valence-corrected chi connectivity index (χ1v) is 16.5. The molecule has 11 heteroatoms. The molecule has 1 unspecified atom stereocenters. The Morgan fingerprint density at radius 2 is 1.55 bits per heavy atom. The Kier molecular flexibility index (Phi) is 10.8. The van der Waals surface area contributed by atoms with E-state index in [0.29, 0.717) is 11.4 Å². The molecule has 0 aromatic heterocycles. The maximum absolute atomic E-state index is 14.2. The standard InChI is InChI=1S/C31H34Cl3N3O4S/c1-3-28(31(39)35-25-6-4-5-7-25)36(19-22-10-12-23(32)13-11-22)30(38)20-37(29-18-24(33)14-17-27(29)34)42(40,41)26-15-8-21(2)9-16-26/h8-18,25,28H,3-7,19-20H2,1-2H3,(H,35,39). The zero-order valence-corrected chi connectivity index (χ0v) is 26.6. The van der Waals surface area contributed by atoms with Crippen LogP contribution in [0.5, 0.6) is 0 Å². The monoisotopic (exact) mass is 649 g/mol. The Labute approximate surface area is 262 Å².